The summed E-state index contributed by atoms with van der Waals surface area (Å²) in [5.74, 6) is -0.947. The molecule has 1 aromatic rings. The highest BCUT2D eigenvalue weighted by atomic mass is 16.6. The summed E-state index contributed by atoms with van der Waals surface area (Å²) in [5.41, 5.74) is -0.0826. The number of hydrogen-bond donors (Lipinski definition) is 0. The fourth-order valence-corrected chi connectivity index (χ4v) is 5.67. The molecular formula is C41H75N3O9. The molecule has 0 aliphatic rings. The Morgan fingerprint density at radius 3 is 1.79 bits per heavy atom. The molecule has 1 heterocycles. The first-order valence-electron chi connectivity index (χ1n) is 20.6. The van der Waals surface area contributed by atoms with Gasteiger partial charge in [-0.05, 0) is 53.4 Å². The van der Waals surface area contributed by atoms with Gasteiger partial charge in [0.1, 0.15) is 13.2 Å². The fraction of sp³-hybridized carbons (Fsp3) is 0.878. The Labute approximate surface area is 321 Å². The summed E-state index contributed by atoms with van der Waals surface area (Å²) in [6.07, 6.45) is 19.2. The lowest BCUT2D eigenvalue weighted by Gasteiger charge is -2.29. The molecule has 0 bridgehead atoms. The molecule has 1 atom stereocenters. The summed E-state index contributed by atoms with van der Waals surface area (Å²) < 4.78 is 35.4. The molecule has 1 unspecified atom stereocenters. The van der Waals surface area contributed by atoms with Crippen LogP contribution in [0.15, 0.2) is 6.20 Å². The predicted octanol–water partition coefficient (Wildman–Crippen LogP) is 8.51. The average Bonchev–Trinajstić information content (AvgIpc) is 3.56. The first kappa shape index (κ1) is 48.4. The lowest BCUT2D eigenvalue weighted by molar-refractivity contribution is -0.160. The van der Waals surface area contributed by atoms with Gasteiger partial charge >= 0.3 is 17.9 Å². The van der Waals surface area contributed by atoms with Crippen molar-refractivity contribution >= 4 is 17.9 Å². The predicted molar refractivity (Wildman–Crippen MR) is 207 cm³/mol. The average molecular weight is 754 g/mol. The minimum Gasteiger partial charge on any atom is -0.463 e. The number of aryl methyl sites for hydroxylation is 1. The number of aromatic nitrogens is 3. The monoisotopic (exact) mass is 754 g/mol. The number of rotatable bonds is 35. The van der Waals surface area contributed by atoms with Crippen molar-refractivity contribution < 1.29 is 42.8 Å². The van der Waals surface area contributed by atoms with Crippen LogP contribution in [0.2, 0.25) is 0 Å². The Kier molecular flexibility index (Phi) is 27.2. The van der Waals surface area contributed by atoms with Gasteiger partial charge in [0.15, 0.2) is 6.10 Å². The van der Waals surface area contributed by atoms with Crippen LogP contribution in [0.25, 0.3) is 0 Å². The van der Waals surface area contributed by atoms with Gasteiger partial charge in [-0.25, -0.2) is 4.68 Å². The smallest absolute Gasteiger partial charge is 0.306 e. The third-order valence-corrected chi connectivity index (χ3v) is 9.20. The molecule has 12 heteroatoms. The molecule has 1 aromatic heterocycles. The standard InChI is InChI=1S/C41H75N3O9/c1-8-10-12-14-16-18-20-22-37(45)50-34-36(53-39(47)23-21-19-17-15-13-11-9-2)33-44-32-35(42-43-44)24-25-38(46)49-30-31-52-41(5,6)27-29-51-40(3,4)26-28-48-7/h32,36H,8-31,33-34H2,1-7H3. The van der Waals surface area contributed by atoms with E-state index in [2.05, 4.69) is 24.2 Å². The zero-order valence-corrected chi connectivity index (χ0v) is 34.6. The van der Waals surface area contributed by atoms with Gasteiger partial charge in [0, 0.05) is 39.2 Å². The number of carbonyl (C=O) groups is 3. The van der Waals surface area contributed by atoms with E-state index >= 15 is 0 Å². The number of esters is 3. The third-order valence-electron chi connectivity index (χ3n) is 9.20. The number of carbonyl (C=O) groups excluding carboxylic acids is 3. The normalized spacial score (nSPS) is 12.5. The molecule has 12 nitrogen and oxygen atoms in total. The number of methoxy groups -OCH3 is 1. The number of nitrogens with zero attached hydrogens (tertiary/aromatic N) is 3. The van der Waals surface area contributed by atoms with E-state index in [-0.39, 0.29) is 56.3 Å². The highest BCUT2D eigenvalue weighted by Crippen LogP contribution is 2.20. The van der Waals surface area contributed by atoms with E-state index in [0.29, 0.717) is 44.6 Å². The lowest BCUT2D eigenvalue weighted by Crippen LogP contribution is -2.32. The minimum atomic E-state index is -0.692. The Bertz CT molecular complexity index is 1090. The molecule has 0 saturated carbocycles. The van der Waals surface area contributed by atoms with E-state index in [1.54, 1.807) is 18.0 Å². The Hall–Kier alpha value is -2.57. The second-order valence-corrected chi connectivity index (χ2v) is 15.4. The molecule has 0 spiro atoms. The van der Waals surface area contributed by atoms with Gasteiger partial charge < -0.3 is 28.4 Å². The largest absolute Gasteiger partial charge is 0.463 e. The maximum absolute atomic E-state index is 12.7. The molecule has 0 amide bonds. The lowest BCUT2D eigenvalue weighted by atomic mass is 10.0. The first-order valence-corrected chi connectivity index (χ1v) is 20.6. The van der Waals surface area contributed by atoms with Crippen molar-refractivity contribution in [3.63, 3.8) is 0 Å². The van der Waals surface area contributed by atoms with Crippen LogP contribution in [0.4, 0.5) is 0 Å². The van der Waals surface area contributed by atoms with E-state index in [0.717, 1.165) is 44.9 Å². The molecule has 1 rings (SSSR count). The third kappa shape index (κ3) is 27.6. The zero-order chi connectivity index (χ0) is 39.2. The van der Waals surface area contributed by atoms with E-state index in [4.69, 9.17) is 28.4 Å². The van der Waals surface area contributed by atoms with Gasteiger partial charge in [0.05, 0.1) is 43.1 Å². The minimum absolute atomic E-state index is 0.0438. The van der Waals surface area contributed by atoms with Crippen molar-refractivity contribution in [1.82, 2.24) is 15.0 Å². The number of ether oxygens (including phenoxy) is 6. The molecule has 0 aromatic carbocycles. The van der Waals surface area contributed by atoms with E-state index in [9.17, 15) is 14.4 Å². The van der Waals surface area contributed by atoms with Crippen LogP contribution in [-0.4, -0.2) is 90.4 Å². The van der Waals surface area contributed by atoms with E-state index in [1.807, 2.05) is 27.7 Å². The molecule has 0 aliphatic carbocycles. The second-order valence-electron chi connectivity index (χ2n) is 15.4. The Balaban J connectivity index is 2.51. The van der Waals surface area contributed by atoms with E-state index in [1.165, 1.54) is 51.4 Å². The van der Waals surface area contributed by atoms with Crippen LogP contribution in [-0.2, 0) is 55.8 Å². The van der Waals surface area contributed by atoms with Crippen LogP contribution >= 0.6 is 0 Å². The van der Waals surface area contributed by atoms with Crippen molar-refractivity contribution in [2.24, 2.45) is 0 Å². The van der Waals surface area contributed by atoms with E-state index < -0.39 is 11.7 Å². The summed E-state index contributed by atoms with van der Waals surface area (Å²) in [7, 11) is 1.68. The molecule has 0 saturated heterocycles. The van der Waals surface area contributed by atoms with Crippen LogP contribution < -0.4 is 0 Å². The zero-order valence-electron chi connectivity index (χ0n) is 34.6. The molecule has 308 valence electrons. The molecule has 0 N–H and O–H groups in total. The van der Waals surface area contributed by atoms with Gasteiger partial charge in [0.25, 0.3) is 0 Å². The second kappa shape index (κ2) is 29.7. The highest BCUT2D eigenvalue weighted by Gasteiger charge is 2.23. The molecule has 0 fully saturated rings. The van der Waals surface area contributed by atoms with Gasteiger partial charge in [-0.3, -0.25) is 14.4 Å². The summed E-state index contributed by atoms with van der Waals surface area (Å²) in [6, 6.07) is 0. The first-order chi connectivity index (χ1) is 25.4. The summed E-state index contributed by atoms with van der Waals surface area (Å²) in [4.78, 5) is 37.6. The van der Waals surface area contributed by atoms with Gasteiger partial charge in [-0.2, -0.15) is 0 Å². The van der Waals surface area contributed by atoms with Crippen LogP contribution in [0.5, 0.6) is 0 Å². The van der Waals surface area contributed by atoms with Gasteiger partial charge in [0.2, 0.25) is 0 Å². The Morgan fingerprint density at radius 1 is 0.660 bits per heavy atom. The Morgan fingerprint density at radius 2 is 1.19 bits per heavy atom. The fourth-order valence-electron chi connectivity index (χ4n) is 5.67. The van der Waals surface area contributed by atoms with Gasteiger partial charge in [-0.1, -0.05) is 96.1 Å². The SMILES string of the molecule is CCCCCCCCCC(=O)OCC(Cn1cc(CCC(=O)OCCOC(C)(C)CCOC(C)(C)CCOC)nn1)OC(=O)CCCCCCCCC. The van der Waals surface area contributed by atoms with Crippen molar-refractivity contribution in [2.45, 2.75) is 194 Å². The highest BCUT2D eigenvalue weighted by molar-refractivity contribution is 5.70. The van der Waals surface area contributed by atoms with Crippen LogP contribution in [0, 0.1) is 0 Å². The van der Waals surface area contributed by atoms with Crippen molar-refractivity contribution in [3.8, 4) is 0 Å². The summed E-state index contributed by atoms with van der Waals surface area (Å²) in [5, 5.41) is 8.36. The molecular weight excluding hydrogens is 678 g/mol. The quantitative estimate of drug-likeness (QED) is 0.0375. The number of unbranched alkanes of at least 4 members (excludes halogenated alkanes) is 12. The topological polar surface area (TPSA) is 137 Å². The molecule has 0 aliphatic heterocycles. The number of hydrogen-bond acceptors (Lipinski definition) is 11. The van der Waals surface area contributed by atoms with Crippen LogP contribution in [0.1, 0.15) is 169 Å². The van der Waals surface area contributed by atoms with Gasteiger partial charge in [-0.15, -0.1) is 5.10 Å². The summed E-state index contributed by atoms with van der Waals surface area (Å²) in [6.45, 7) is 14.2. The maximum atomic E-state index is 12.7. The summed E-state index contributed by atoms with van der Waals surface area (Å²) >= 11 is 0. The maximum Gasteiger partial charge on any atom is 0.306 e. The van der Waals surface area contributed by atoms with Crippen LogP contribution in [0.3, 0.4) is 0 Å². The van der Waals surface area contributed by atoms with Crippen molar-refractivity contribution in [1.29, 1.82) is 0 Å². The molecule has 53 heavy (non-hydrogen) atoms. The van der Waals surface area contributed by atoms with Crippen molar-refractivity contribution in [3.05, 3.63) is 11.9 Å². The van der Waals surface area contributed by atoms with Crippen molar-refractivity contribution in [2.75, 3.05) is 40.1 Å². The molecule has 0 radical (unpaired) electrons.